The minimum atomic E-state index is -4.62. The lowest BCUT2D eigenvalue weighted by Gasteiger charge is -2.37. The summed E-state index contributed by atoms with van der Waals surface area (Å²) in [7, 11) is -4.07. The second-order valence-corrected chi connectivity index (χ2v) is 10.8. The average molecular weight is 497 g/mol. The number of likely N-dealkylation sites (tertiary alicyclic amines) is 1. The quantitative estimate of drug-likeness (QED) is 0.688. The van der Waals surface area contributed by atoms with E-state index < -0.39 is 21.8 Å². The van der Waals surface area contributed by atoms with Gasteiger partial charge < -0.3 is 10.0 Å². The molecule has 2 heterocycles. The number of rotatable bonds is 4. The molecule has 0 bridgehead atoms. The molecule has 0 spiro atoms. The largest absolute Gasteiger partial charge is 0.508 e. The van der Waals surface area contributed by atoms with E-state index in [0.717, 1.165) is 30.5 Å². The molecule has 10 heteroatoms. The predicted octanol–water partition coefficient (Wildman–Crippen LogP) is 4.22. The molecule has 0 radical (unpaired) electrons. The minimum Gasteiger partial charge on any atom is -0.508 e. The highest BCUT2D eigenvalue weighted by atomic mass is 32.2. The highest BCUT2D eigenvalue weighted by molar-refractivity contribution is 7.89. The molecule has 1 amide bonds. The van der Waals surface area contributed by atoms with Crippen molar-refractivity contribution in [3.63, 3.8) is 0 Å². The zero-order valence-corrected chi connectivity index (χ0v) is 19.4. The van der Waals surface area contributed by atoms with Crippen LogP contribution in [0.1, 0.15) is 42.7 Å². The van der Waals surface area contributed by atoms with Crippen molar-refractivity contribution in [3.05, 3.63) is 59.7 Å². The number of benzene rings is 2. The Morgan fingerprint density at radius 1 is 0.912 bits per heavy atom. The Bertz CT molecular complexity index is 1120. The van der Waals surface area contributed by atoms with E-state index in [0.29, 0.717) is 37.9 Å². The van der Waals surface area contributed by atoms with Crippen LogP contribution in [0.15, 0.2) is 53.4 Å². The molecule has 0 aromatic heterocycles. The maximum atomic E-state index is 13.0. The number of alkyl halides is 3. The molecule has 2 aliphatic heterocycles. The van der Waals surface area contributed by atoms with Crippen LogP contribution in [0.2, 0.25) is 0 Å². The Morgan fingerprint density at radius 3 is 2.12 bits per heavy atom. The van der Waals surface area contributed by atoms with Crippen molar-refractivity contribution in [3.8, 4) is 5.75 Å². The normalized spacial score (nSPS) is 19.3. The number of hydrogen-bond acceptors (Lipinski definition) is 4. The third kappa shape index (κ3) is 5.22. The summed E-state index contributed by atoms with van der Waals surface area (Å²) in [5.74, 6) is 0.264. The molecule has 1 N–H and O–H groups in total. The van der Waals surface area contributed by atoms with Crippen LogP contribution in [-0.4, -0.2) is 54.8 Å². The van der Waals surface area contributed by atoms with Gasteiger partial charge in [0.05, 0.1) is 10.5 Å². The highest BCUT2D eigenvalue weighted by Crippen LogP contribution is 2.33. The molecule has 2 aromatic rings. The van der Waals surface area contributed by atoms with E-state index in [2.05, 4.69) is 0 Å². The number of phenolic OH excluding ortho intramolecular Hbond substituents is 1. The molecule has 2 aliphatic rings. The van der Waals surface area contributed by atoms with Gasteiger partial charge in [-0.05, 0) is 67.5 Å². The Balaban J connectivity index is 1.33. The maximum absolute atomic E-state index is 13.0. The fraction of sp³-hybridized carbons (Fsp3) is 0.458. The van der Waals surface area contributed by atoms with Crippen molar-refractivity contribution in [2.75, 3.05) is 26.2 Å². The first-order chi connectivity index (χ1) is 16.1. The van der Waals surface area contributed by atoms with Gasteiger partial charge in [-0.25, -0.2) is 8.42 Å². The van der Waals surface area contributed by atoms with Gasteiger partial charge in [-0.3, -0.25) is 4.79 Å². The van der Waals surface area contributed by atoms with Crippen LogP contribution in [0.3, 0.4) is 0 Å². The first kappa shape index (κ1) is 24.5. The molecule has 34 heavy (non-hydrogen) atoms. The van der Waals surface area contributed by atoms with Crippen LogP contribution in [0.5, 0.6) is 5.75 Å². The van der Waals surface area contributed by atoms with Crippen molar-refractivity contribution in [1.82, 2.24) is 9.21 Å². The number of carbonyl (C=O) groups excluding carboxylic acids is 1. The molecule has 4 rings (SSSR count). The van der Waals surface area contributed by atoms with Crippen LogP contribution >= 0.6 is 0 Å². The van der Waals surface area contributed by atoms with Gasteiger partial charge in [0, 0.05) is 32.1 Å². The SMILES string of the molecule is O=C(C1CCN(S(=O)(=O)c2cccc(C(F)(F)F)c2)CC1)N1CCC(c2ccc(O)cc2)CC1. The second-order valence-electron chi connectivity index (χ2n) is 8.90. The first-order valence-corrected chi connectivity index (χ1v) is 12.7. The zero-order valence-electron chi connectivity index (χ0n) is 18.5. The van der Waals surface area contributed by atoms with Crippen molar-refractivity contribution >= 4 is 15.9 Å². The summed E-state index contributed by atoms with van der Waals surface area (Å²) in [6.07, 6.45) is -2.30. The average Bonchev–Trinajstić information content (AvgIpc) is 2.84. The summed E-state index contributed by atoms with van der Waals surface area (Å²) in [6, 6.07) is 10.9. The topological polar surface area (TPSA) is 77.9 Å². The van der Waals surface area contributed by atoms with E-state index >= 15 is 0 Å². The van der Waals surface area contributed by atoms with Crippen LogP contribution in [0.4, 0.5) is 13.2 Å². The number of aromatic hydroxyl groups is 1. The molecular weight excluding hydrogens is 469 g/mol. The van der Waals surface area contributed by atoms with Gasteiger partial charge in [-0.2, -0.15) is 17.5 Å². The lowest BCUT2D eigenvalue weighted by molar-refractivity contribution is -0.138. The van der Waals surface area contributed by atoms with Crippen molar-refractivity contribution in [1.29, 1.82) is 0 Å². The third-order valence-corrected chi connectivity index (χ3v) is 8.67. The lowest BCUT2D eigenvalue weighted by atomic mass is 9.88. The Labute approximate surface area is 197 Å². The molecule has 2 aromatic carbocycles. The number of phenols is 1. The number of sulfonamides is 1. The Hall–Kier alpha value is -2.59. The Morgan fingerprint density at radius 2 is 1.53 bits per heavy atom. The smallest absolute Gasteiger partial charge is 0.416 e. The standard InChI is InChI=1S/C24H27F3N2O4S/c25-24(26,27)20-2-1-3-22(16-20)34(32,33)29-14-10-19(11-15-29)23(31)28-12-8-18(9-13-28)17-4-6-21(30)7-5-17/h1-7,16,18-19,30H,8-15H2. The highest BCUT2D eigenvalue weighted by Gasteiger charge is 2.36. The number of piperidine rings is 2. The van der Waals surface area contributed by atoms with E-state index in [1.54, 1.807) is 12.1 Å². The molecule has 0 aliphatic carbocycles. The predicted molar refractivity (Wildman–Crippen MR) is 120 cm³/mol. The zero-order chi connectivity index (χ0) is 24.5. The van der Waals surface area contributed by atoms with E-state index in [-0.39, 0.29) is 35.6 Å². The molecule has 0 saturated carbocycles. The summed E-state index contributed by atoms with van der Waals surface area (Å²) < 4.78 is 65.9. The van der Waals surface area contributed by atoms with Gasteiger partial charge in [0.25, 0.3) is 0 Å². The van der Waals surface area contributed by atoms with Gasteiger partial charge in [0.15, 0.2) is 0 Å². The fourth-order valence-electron chi connectivity index (χ4n) is 4.76. The number of amides is 1. The van der Waals surface area contributed by atoms with E-state index in [1.165, 1.54) is 10.4 Å². The summed E-state index contributed by atoms with van der Waals surface area (Å²) in [5.41, 5.74) is 0.132. The molecule has 6 nitrogen and oxygen atoms in total. The van der Waals surface area contributed by atoms with Crippen molar-refractivity contribution < 1.29 is 31.5 Å². The van der Waals surface area contributed by atoms with Crippen molar-refractivity contribution in [2.24, 2.45) is 5.92 Å². The number of halogens is 3. The van der Waals surface area contributed by atoms with Gasteiger partial charge in [0.1, 0.15) is 5.75 Å². The summed E-state index contributed by atoms with van der Waals surface area (Å²) >= 11 is 0. The van der Waals surface area contributed by atoms with E-state index in [1.807, 2.05) is 17.0 Å². The van der Waals surface area contributed by atoms with Crippen LogP contribution in [-0.2, 0) is 21.0 Å². The number of carbonyl (C=O) groups is 1. The van der Waals surface area contributed by atoms with Crippen LogP contribution in [0, 0.1) is 5.92 Å². The Kier molecular flexibility index (Phi) is 6.91. The lowest BCUT2D eigenvalue weighted by Crippen LogP contribution is -2.46. The number of nitrogens with zero attached hydrogens (tertiary/aromatic N) is 2. The summed E-state index contributed by atoms with van der Waals surface area (Å²) in [4.78, 5) is 14.5. The van der Waals surface area contributed by atoms with E-state index in [4.69, 9.17) is 0 Å². The molecule has 184 valence electrons. The fourth-order valence-corrected chi connectivity index (χ4v) is 6.28. The van der Waals surface area contributed by atoms with Gasteiger partial charge in [-0.15, -0.1) is 0 Å². The second kappa shape index (κ2) is 9.58. The third-order valence-electron chi connectivity index (χ3n) is 6.77. The molecule has 0 unspecified atom stereocenters. The maximum Gasteiger partial charge on any atom is 0.416 e. The van der Waals surface area contributed by atoms with Crippen LogP contribution < -0.4 is 0 Å². The van der Waals surface area contributed by atoms with E-state index in [9.17, 15) is 31.5 Å². The molecule has 0 atom stereocenters. The van der Waals surface area contributed by atoms with Crippen molar-refractivity contribution in [2.45, 2.75) is 42.7 Å². The first-order valence-electron chi connectivity index (χ1n) is 11.3. The monoisotopic (exact) mass is 496 g/mol. The summed E-state index contributed by atoms with van der Waals surface area (Å²) in [6.45, 7) is 1.43. The van der Waals surface area contributed by atoms with Crippen LogP contribution in [0.25, 0.3) is 0 Å². The van der Waals surface area contributed by atoms with Gasteiger partial charge >= 0.3 is 6.18 Å². The molecule has 2 saturated heterocycles. The number of hydrogen-bond donors (Lipinski definition) is 1. The van der Waals surface area contributed by atoms with Gasteiger partial charge in [0.2, 0.25) is 15.9 Å². The molecular formula is C24H27F3N2O4S. The van der Waals surface area contributed by atoms with Gasteiger partial charge in [-0.1, -0.05) is 18.2 Å². The minimum absolute atomic E-state index is 0.0141. The molecule has 2 fully saturated rings. The summed E-state index contributed by atoms with van der Waals surface area (Å²) in [5, 5.41) is 9.45.